The number of aromatic hydroxyl groups is 2. The second kappa shape index (κ2) is 5.42. The summed E-state index contributed by atoms with van der Waals surface area (Å²) in [6.45, 7) is 1.88. The monoisotopic (exact) mass is 336 g/mol. The maximum absolute atomic E-state index is 12.1. The van der Waals surface area contributed by atoms with E-state index < -0.39 is 5.91 Å². The van der Waals surface area contributed by atoms with Gasteiger partial charge in [0.2, 0.25) is 0 Å². The van der Waals surface area contributed by atoms with E-state index in [0.29, 0.717) is 15.8 Å². The summed E-state index contributed by atoms with van der Waals surface area (Å²) in [6, 6.07) is 7.60. The zero-order valence-electron chi connectivity index (χ0n) is 10.6. The van der Waals surface area contributed by atoms with Crippen molar-refractivity contribution in [3.05, 3.63) is 45.9 Å². The summed E-state index contributed by atoms with van der Waals surface area (Å²) >= 11 is 3.32. The van der Waals surface area contributed by atoms with Crippen LogP contribution >= 0.6 is 15.9 Å². The second-order valence-corrected chi connectivity index (χ2v) is 5.19. The van der Waals surface area contributed by atoms with Crippen molar-refractivity contribution in [3.63, 3.8) is 0 Å². The van der Waals surface area contributed by atoms with Crippen LogP contribution in [0, 0.1) is 6.92 Å². The molecule has 2 aromatic carbocycles. The lowest BCUT2D eigenvalue weighted by atomic mass is 10.1. The lowest BCUT2D eigenvalue weighted by Crippen LogP contribution is -2.14. The number of amides is 1. The van der Waals surface area contributed by atoms with Gasteiger partial charge in [-0.25, -0.2) is 0 Å². The van der Waals surface area contributed by atoms with Crippen molar-refractivity contribution in [3.8, 4) is 11.5 Å². The van der Waals surface area contributed by atoms with Crippen molar-refractivity contribution in [2.75, 3.05) is 11.1 Å². The van der Waals surface area contributed by atoms with Gasteiger partial charge in [0.25, 0.3) is 5.91 Å². The predicted molar refractivity (Wildman–Crippen MR) is 81.0 cm³/mol. The summed E-state index contributed by atoms with van der Waals surface area (Å²) < 4.78 is 0.623. The lowest BCUT2D eigenvalue weighted by Gasteiger charge is -2.12. The van der Waals surface area contributed by atoms with Crippen LogP contribution in [0.15, 0.2) is 34.8 Å². The number of carbonyl (C=O) groups is 1. The molecular weight excluding hydrogens is 324 g/mol. The molecule has 0 fully saturated rings. The zero-order chi connectivity index (χ0) is 14.9. The van der Waals surface area contributed by atoms with Crippen LogP contribution in [-0.2, 0) is 0 Å². The minimum atomic E-state index is -0.642. The van der Waals surface area contributed by atoms with Gasteiger partial charge in [0.15, 0.2) is 0 Å². The molecule has 0 atom stereocenters. The topological polar surface area (TPSA) is 95.6 Å². The van der Waals surface area contributed by atoms with Crippen molar-refractivity contribution in [2.45, 2.75) is 6.92 Å². The van der Waals surface area contributed by atoms with Gasteiger partial charge < -0.3 is 21.3 Å². The van der Waals surface area contributed by atoms with Crippen LogP contribution in [0.1, 0.15) is 15.9 Å². The number of hydrogen-bond acceptors (Lipinski definition) is 4. The molecule has 1 amide bonds. The number of phenols is 2. The van der Waals surface area contributed by atoms with E-state index in [1.807, 2.05) is 6.92 Å². The number of halogens is 1. The van der Waals surface area contributed by atoms with Crippen LogP contribution in [0.2, 0.25) is 0 Å². The number of carbonyl (C=O) groups excluding carboxylic acids is 1. The maximum atomic E-state index is 12.1. The van der Waals surface area contributed by atoms with Crippen molar-refractivity contribution < 1.29 is 15.0 Å². The van der Waals surface area contributed by atoms with Crippen LogP contribution in [0.3, 0.4) is 0 Å². The van der Waals surface area contributed by atoms with Gasteiger partial charge in [0.1, 0.15) is 17.1 Å². The lowest BCUT2D eigenvalue weighted by molar-refractivity contribution is 0.102. The van der Waals surface area contributed by atoms with Crippen molar-refractivity contribution in [2.24, 2.45) is 0 Å². The Morgan fingerprint density at radius 3 is 2.40 bits per heavy atom. The molecule has 0 bridgehead atoms. The molecule has 5 nitrogen and oxygen atoms in total. The largest absolute Gasteiger partial charge is 0.507 e. The van der Waals surface area contributed by atoms with Gasteiger partial charge >= 0.3 is 0 Å². The molecule has 0 spiro atoms. The first-order valence-corrected chi connectivity index (χ1v) is 6.57. The first-order chi connectivity index (χ1) is 9.40. The third kappa shape index (κ3) is 2.70. The number of nitrogens with two attached hydrogens (primary N) is 1. The Labute approximate surface area is 124 Å². The highest BCUT2D eigenvalue weighted by molar-refractivity contribution is 9.10. The minimum absolute atomic E-state index is 0.195. The standard InChI is InChI=1S/C14H13BrN2O3/c1-7-5-8(15)13(9(16)6-7)17-14(20)12-10(18)3-2-4-11(12)19/h2-6,18-19H,16H2,1H3,(H,17,20). The molecule has 6 heteroatoms. The molecule has 0 saturated carbocycles. The van der Waals surface area contributed by atoms with Crippen molar-refractivity contribution in [1.82, 2.24) is 0 Å². The molecule has 2 aromatic rings. The first kappa shape index (κ1) is 14.2. The van der Waals surface area contributed by atoms with Gasteiger partial charge in [0, 0.05) is 4.47 Å². The Morgan fingerprint density at radius 2 is 1.85 bits per heavy atom. The summed E-state index contributed by atoms with van der Waals surface area (Å²) in [5.74, 6) is -1.24. The van der Waals surface area contributed by atoms with E-state index in [4.69, 9.17) is 5.73 Å². The van der Waals surface area contributed by atoms with E-state index in [1.54, 1.807) is 12.1 Å². The number of anilines is 2. The molecule has 0 heterocycles. The molecule has 0 aliphatic rings. The number of benzene rings is 2. The molecule has 0 saturated heterocycles. The zero-order valence-corrected chi connectivity index (χ0v) is 12.2. The van der Waals surface area contributed by atoms with Crippen molar-refractivity contribution in [1.29, 1.82) is 0 Å². The van der Waals surface area contributed by atoms with Gasteiger partial charge in [-0.2, -0.15) is 0 Å². The Hall–Kier alpha value is -2.21. The number of nitrogens with one attached hydrogen (secondary N) is 1. The molecule has 20 heavy (non-hydrogen) atoms. The van der Waals surface area contributed by atoms with Gasteiger partial charge in [-0.15, -0.1) is 0 Å². The average Bonchev–Trinajstić information content (AvgIpc) is 2.33. The van der Waals surface area contributed by atoms with E-state index in [0.717, 1.165) is 5.56 Å². The SMILES string of the molecule is Cc1cc(N)c(NC(=O)c2c(O)cccc2O)c(Br)c1. The Balaban J connectivity index is 2.38. The van der Waals surface area contributed by atoms with E-state index in [9.17, 15) is 15.0 Å². The summed E-state index contributed by atoms with van der Waals surface area (Å²) in [6.07, 6.45) is 0. The first-order valence-electron chi connectivity index (χ1n) is 5.78. The van der Waals surface area contributed by atoms with Gasteiger partial charge in [-0.1, -0.05) is 6.07 Å². The van der Waals surface area contributed by atoms with Crippen LogP contribution in [0.25, 0.3) is 0 Å². The Morgan fingerprint density at radius 1 is 1.25 bits per heavy atom. The Bertz CT molecular complexity index is 643. The highest BCUT2D eigenvalue weighted by Gasteiger charge is 2.18. The van der Waals surface area contributed by atoms with Gasteiger partial charge in [-0.3, -0.25) is 4.79 Å². The molecule has 0 aliphatic heterocycles. The summed E-state index contributed by atoms with van der Waals surface area (Å²) in [4.78, 5) is 12.1. The summed E-state index contributed by atoms with van der Waals surface area (Å²) in [7, 11) is 0. The van der Waals surface area contributed by atoms with Crippen LogP contribution in [0.4, 0.5) is 11.4 Å². The van der Waals surface area contributed by atoms with Crippen molar-refractivity contribution >= 4 is 33.2 Å². The maximum Gasteiger partial charge on any atom is 0.263 e. The molecule has 0 aromatic heterocycles. The van der Waals surface area contributed by atoms with Gasteiger partial charge in [-0.05, 0) is 52.7 Å². The van der Waals surface area contributed by atoms with E-state index in [2.05, 4.69) is 21.2 Å². The average molecular weight is 337 g/mol. The summed E-state index contributed by atoms with van der Waals surface area (Å²) in [5.41, 5.74) is 7.38. The molecule has 104 valence electrons. The quantitative estimate of drug-likeness (QED) is 0.634. The number of nitrogen functional groups attached to an aromatic ring is 1. The predicted octanol–water partition coefficient (Wildman–Crippen LogP) is 3.00. The third-order valence-corrected chi connectivity index (χ3v) is 3.38. The van der Waals surface area contributed by atoms with Crippen LogP contribution in [0.5, 0.6) is 11.5 Å². The molecule has 2 rings (SSSR count). The second-order valence-electron chi connectivity index (χ2n) is 4.34. The Kier molecular flexibility index (Phi) is 3.85. The van der Waals surface area contributed by atoms with Crippen LogP contribution < -0.4 is 11.1 Å². The van der Waals surface area contributed by atoms with E-state index in [-0.39, 0.29) is 17.1 Å². The van der Waals surface area contributed by atoms with Crippen LogP contribution in [-0.4, -0.2) is 16.1 Å². The molecule has 0 unspecified atom stereocenters. The van der Waals surface area contributed by atoms with E-state index >= 15 is 0 Å². The fourth-order valence-electron chi connectivity index (χ4n) is 1.84. The number of rotatable bonds is 2. The fourth-order valence-corrected chi connectivity index (χ4v) is 2.53. The molecule has 0 radical (unpaired) electrons. The molecular formula is C14H13BrN2O3. The smallest absolute Gasteiger partial charge is 0.263 e. The highest BCUT2D eigenvalue weighted by Crippen LogP contribution is 2.33. The van der Waals surface area contributed by atoms with E-state index in [1.165, 1.54) is 18.2 Å². The minimum Gasteiger partial charge on any atom is -0.507 e. The third-order valence-electron chi connectivity index (χ3n) is 2.75. The normalized spacial score (nSPS) is 10.3. The number of hydrogen-bond donors (Lipinski definition) is 4. The molecule has 0 aliphatic carbocycles. The number of aryl methyl sites for hydroxylation is 1. The van der Waals surface area contributed by atoms with Gasteiger partial charge in [0.05, 0.1) is 11.4 Å². The summed E-state index contributed by atoms with van der Waals surface area (Å²) in [5, 5.41) is 21.9. The fraction of sp³-hybridized carbons (Fsp3) is 0.0714. The number of phenolic OH excluding ortho intramolecular Hbond substituents is 2. The highest BCUT2D eigenvalue weighted by atomic mass is 79.9. The molecule has 5 N–H and O–H groups in total.